The molecule has 5 aromatic rings. The topological polar surface area (TPSA) is 483 Å². The molecule has 10 rings (SSSR count). The molecule has 684 valence electrons. The van der Waals surface area contributed by atoms with Gasteiger partial charge in [0.05, 0.1) is 55.7 Å². The first-order valence-electron chi connectivity index (χ1n) is 42.0. The summed E-state index contributed by atoms with van der Waals surface area (Å²) in [5.74, 6) is -9.81. The van der Waals surface area contributed by atoms with E-state index < -0.39 is 191 Å². The number of alkyl carbamates (subject to hydrolysis) is 1. The average Bonchev–Trinajstić information content (AvgIpc) is 1.48. The Morgan fingerprint density at radius 2 is 1.44 bits per heavy atom. The van der Waals surface area contributed by atoms with Crippen molar-refractivity contribution in [3.05, 3.63) is 154 Å². The lowest BCUT2D eigenvalue weighted by atomic mass is 9.81. The number of anilines is 1. The van der Waals surface area contributed by atoms with Gasteiger partial charge in [-0.2, -0.15) is 0 Å². The normalized spacial score (nSPS) is 27.7. The molecule has 4 fully saturated rings. The minimum absolute atomic E-state index is 0.0311. The lowest BCUT2D eigenvalue weighted by Gasteiger charge is -2.42. The van der Waals surface area contributed by atoms with E-state index >= 15 is 28.8 Å². The van der Waals surface area contributed by atoms with Gasteiger partial charge in [-0.05, 0) is 107 Å². The number of fused-ring (bicyclic) bond motifs is 8. The number of nitrogens with zero attached hydrogens (tertiary/aromatic N) is 2. The maximum absolute atomic E-state index is 15.5. The van der Waals surface area contributed by atoms with Gasteiger partial charge in [0.1, 0.15) is 76.3 Å². The molecule has 0 spiro atoms. The number of aliphatic hydroxyl groups is 4. The maximum Gasteiger partial charge on any atom is 0.409 e. The summed E-state index contributed by atoms with van der Waals surface area (Å²) >= 11 is 7.08. The minimum atomic E-state index is -1.92. The predicted molar refractivity (Wildman–Crippen MR) is 482 cm³/mol. The molecule has 16 N–H and O–H groups in total. The predicted octanol–water partition coefficient (Wildman–Crippen LogP) is 3.97. The Labute approximate surface area is 753 Å². The Hall–Kier alpha value is -9.25. The highest BCUT2D eigenvalue weighted by molar-refractivity contribution is 8.77. The molecule has 5 heterocycles. The lowest BCUT2D eigenvalue weighted by Crippen LogP contribution is -2.63. The Bertz CT molecular complexity index is 4790. The monoisotopic (exact) mass is 1840 g/mol. The number of ether oxygens (including phenoxy) is 4. The van der Waals surface area contributed by atoms with Gasteiger partial charge in [-0.25, -0.2) is 4.79 Å². The summed E-state index contributed by atoms with van der Waals surface area (Å²) in [6.07, 6.45) is 0.737. The summed E-state index contributed by atoms with van der Waals surface area (Å²) in [5.41, 5.74) is 5.56. The molecule has 4 aromatic carbocycles. The maximum atomic E-state index is 15.5. The van der Waals surface area contributed by atoms with Crippen molar-refractivity contribution in [2.75, 3.05) is 75.9 Å². The van der Waals surface area contributed by atoms with Crippen molar-refractivity contribution in [1.29, 1.82) is 0 Å². The number of nitrogens with one attached hydrogen (secondary N) is 10. The number of nitrogens with two attached hydrogens (primary N) is 1. The number of aromatic amines is 1. The number of allylic oxidation sites excluding steroid dienone is 3. The van der Waals surface area contributed by atoms with E-state index in [-0.39, 0.29) is 86.1 Å². The number of amides is 10. The highest BCUT2D eigenvalue weighted by atomic mass is 35.5. The molecular formula is C88H116ClN13O20S4. The highest BCUT2D eigenvalue weighted by Crippen LogP contribution is 2.65. The molecule has 19 atom stereocenters. The number of carbonyl (C=O) groups excluding carboxylic acids is 12. The number of likely N-dealkylation sites (N-methyl/N-ethyl adjacent to an activating group) is 1. The number of benzene rings is 4. The largest absolute Gasteiger partial charge is 0.495 e. The van der Waals surface area contributed by atoms with E-state index in [0.29, 0.717) is 58.3 Å². The summed E-state index contributed by atoms with van der Waals surface area (Å²) in [7, 11) is 10.5. The zero-order valence-corrected chi connectivity index (χ0v) is 76.1. The van der Waals surface area contributed by atoms with E-state index in [1.54, 1.807) is 124 Å². The lowest BCUT2D eigenvalue weighted by molar-refractivity contribution is -0.142. The van der Waals surface area contributed by atoms with Gasteiger partial charge >= 0.3 is 6.09 Å². The quantitative estimate of drug-likeness (QED) is 0.0134. The Morgan fingerprint density at radius 3 is 2.11 bits per heavy atom. The van der Waals surface area contributed by atoms with Crippen LogP contribution in [0, 0.1) is 17.3 Å². The molecule has 1 aromatic heterocycles. The van der Waals surface area contributed by atoms with Crippen LogP contribution in [0.2, 0.25) is 5.02 Å². The smallest absolute Gasteiger partial charge is 0.409 e. The van der Waals surface area contributed by atoms with Gasteiger partial charge in [0.15, 0.2) is 17.3 Å². The van der Waals surface area contributed by atoms with Crippen molar-refractivity contribution in [3.63, 3.8) is 0 Å². The molecule has 0 radical (unpaired) electrons. The molecule has 3 saturated heterocycles. The van der Waals surface area contributed by atoms with Crippen LogP contribution in [0.4, 0.5) is 10.5 Å². The third-order valence-electron chi connectivity index (χ3n) is 23.6. The summed E-state index contributed by atoms with van der Waals surface area (Å²) < 4.78 is 23.7. The van der Waals surface area contributed by atoms with Crippen LogP contribution in [0.3, 0.4) is 0 Å². The Morgan fingerprint density at radius 1 is 0.802 bits per heavy atom. The summed E-state index contributed by atoms with van der Waals surface area (Å²) in [6, 6.07) is 15.4. The molecule has 38 heteroatoms. The van der Waals surface area contributed by atoms with E-state index in [1.165, 1.54) is 61.6 Å². The van der Waals surface area contributed by atoms with Crippen LogP contribution in [0.25, 0.3) is 10.9 Å². The van der Waals surface area contributed by atoms with Gasteiger partial charge in [-0.3, -0.25) is 58.1 Å². The van der Waals surface area contributed by atoms with Crippen LogP contribution >= 0.6 is 54.8 Å². The number of aliphatic hydroxyl groups excluding tert-OH is 3. The minimum Gasteiger partial charge on any atom is -0.495 e. The van der Waals surface area contributed by atoms with Crippen LogP contribution in [0.5, 0.6) is 5.75 Å². The van der Waals surface area contributed by atoms with Crippen LogP contribution in [0.1, 0.15) is 102 Å². The van der Waals surface area contributed by atoms with Gasteiger partial charge in [-0.15, -0.1) is 0 Å². The summed E-state index contributed by atoms with van der Waals surface area (Å²) in [5, 5.41) is 69.1. The fourth-order valence-corrected chi connectivity index (χ4v) is 20.9. The second-order valence-corrected chi connectivity index (χ2v) is 38.6. The SMILES string of the molecule is COc1cc2cc(c1Cl)N(C)CC1(C(=O)[C@H](C)N(C)C(=O)CCSSCCC(=O)N[C@H](Cc3ccccc3)C(=O)N[C@H]3CSSC[C@@H](C(=O)N[C@H](CO)[C@@H](C)O)NC(=O)[C@H]([C@@H](C)O)NC(=O)[C@H](CCCCN)NC(=O)[C@@H](Cc4c[nH]c5ccccc45)NC(=O)[C@H](Cc4ccccc4)NC3=O)C(=O)[C@H]1[C@]1(C)O[C@H]1[C@H](C)[C@@H]1C[C@@](O)(NC(=O)O1)[C@H](OC)/C=C/C=C(\C)C2. The Balaban J connectivity index is 0.854. The van der Waals surface area contributed by atoms with Gasteiger partial charge in [0, 0.05) is 112 Å². The molecule has 5 aliphatic rings. The summed E-state index contributed by atoms with van der Waals surface area (Å²) in [4.78, 5) is 183. The molecular weight excluding hydrogens is 1720 g/mol. The number of epoxide rings is 1. The standard InChI is InChI=1S/C88H116ClN13O20S4/c1-48-22-21-30-69(120-10)88(118)42-68(121-85(117)100-88)49(2)77-86(6,122-77)74-76(109)87(74,47-101(7)66-39-55(36-48)40-67(119-9)72(66)89)75(108)50(3)102(8)71(107)32-35-124-123-34-31-70(106)92-60(37-53-23-13-11-14-24-53)79(111)97-64-45-125-126-46-65(83(115)96-63(44-103)51(4)104)98-84(116)73(52(5)105)99-78(110)59(29-19-20-33-90)93-81(113)62(41-56-43-91-58-28-18-17-27-57(56)58)95-80(112)61(94-82(64)114)38-54-25-15-12-16-26-54/h11-18,21-28,30,39-40,43,49-52,59-65,68-69,73-74,77,91,103-105,118H,19-20,29,31-38,41-42,44-47,90H2,1-10H3,(H,92,106)(H,93,113)(H,94,114)(H,95,112)(H,96,115)(H,97,111)(H,98,116)(H,99,110)(H,100,117)/b30-21+,48-22+/t49-,50+,51-,52-,59+,60-,61+,62-,63-,64+,65+,68+,69-,73+,74+,77+,86+,87?,88+/m1/s1. The van der Waals surface area contributed by atoms with Crippen LogP contribution < -0.4 is 63.2 Å². The first kappa shape index (κ1) is 98.9. The van der Waals surface area contributed by atoms with Crippen molar-refractivity contribution < 1.29 is 96.9 Å². The van der Waals surface area contributed by atoms with Gasteiger partial charge in [0.25, 0.3) is 0 Å². The van der Waals surface area contributed by atoms with Crippen molar-refractivity contribution in [2.24, 2.45) is 23.0 Å². The van der Waals surface area contributed by atoms with Gasteiger partial charge < -0.3 is 102 Å². The van der Waals surface area contributed by atoms with Crippen molar-refractivity contribution >= 4 is 142 Å². The molecule has 126 heavy (non-hydrogen) atoms. The van der Waals surface area contributed by atoms with Crippen molar-refractivity contribution in [2.45, 2.75) is 202 Å². The Kier molecular flexibility index (Phi) is 35.4. The summed E-state index contributed by atoms with van der Waals surface area (Å²) in [6.45, 7) is 8.85. The number of methoxy groups -OCH3 is 2. The number of ketones is 2. The number of para-hydroxylation sites is 1. The number of aromatic nitrogens is 1. The second kappa shape index (κ2) is 45.1. The molecule has 4 aliphatic heterocycles. The molecule has 4 bridgehead atoms. The fraction of sp³-hybridized carbons (Fsp3) is 0.523. The van der Waals surface area contributed by atoms with Gasteiger partial charge in [0.2, 0.25) is 53.2 Å². The second-order valence-electron chi connectivity index (χ2n) is 32.9. The van der Waals surface area contributed by atoms with Crippen LogP contribution in [0.15, 0.2) is 127 Å². The van der Waals surface area contributed by atoms with Crippen molar-refractivity contribution in [3.8, 4) is 5.75 Å². The number of H-pyrrole nitrogens is 1. The van der Waals surface area contributed by atoms with E-state index in [0.717, 1.165) is 32.7 Å². The highest BCUT2D eigenvalue weighted by Gasteiger charge is 2.83. The van der Waals surface area contributed by atoms with Gasteiger partial charge in [-0.1, -0.05) is 164 Å². The van der Waals surface area contributed by atoms with E-state index in [2.05, 4.69) is 52.8 Å². The van der Waals surface area contributed by atoms with Crippen LogP contribution in [-0.4, -0.2) is 268 Å². The number of Topliss-reactive ketones (excluding diaryl/α,β-unsaturated/α-hetero) is 2. The number of hydrogen-bond donors (Lipinski definition) is 15. The third kappa shape index (κ3) is 25.0. The first-order chi connectivity index (χ1) is 60.1. The average molecular weight is 1840 g/mol. The third-order valence-corrected chi connectivity index (χ3v) is 28.8. The molecule has 1 aliphatic carbocycles. The molecule has 33 nitrogen and oxygen atoms in total. The molecule has 1 unspecified atom stereocenters. The zero-order chi connectivity index (χ0) is 91.5. The fourth-order valence-electron chi connectivity index (χ4n) is 16.3. The number of rotatable bonds is 30. The first-order valence-corrected chi connectivity index (χ1v) is 47.3. The van der Waals surface area contributed by atoms with E-state index in [4.69, 9.17) is 36.3 Å². The number of hydrogen-bond acceptors (Lipinski definition) is 26. The van der Waals surface area contributed by atoms with Crippen molar-refractivity contribution in [1.82, 2.24) is 57.7 Å². The van der Waals surface area contributed by atoms with E-state index in [9.17, 15) is 49.2 Å². The number of halogens is 1. The number of carbonyl (C=O) groups is 12. The zero-order valence-electron chi connectivity index (χ0n) is 72.1. The van der Waals surface area contributed by atoms with Crippen LogP contribution in [-0.2, 0) is 92.6 Å². The van der Waals surface area contributed by atoms with E-state index in [1.807, 2.05) is 37.3 Å². The number of unbranched alkanes of at least 4 members (excludes halogenated alkanes) is 1. The molecule has 1 saturated carbocycles. The molecule has 10 amide bonds.